The van der Waals surface area contributed by atoms with Crippen molar-refractivity contribution in [1.29, 1.82) is 5.26 Å². The highest BCUT2D eigenvalue weighted by atomic mass is 16.4. The number of nitrogens with zero attached hydrogens (tertiary/aromatic N) is 2. The van der Waals surface area contributed by atoms with Gasteiger partial charge in [-0.05, 0) is 33.2 Å². The molecule has 1 spiro atoms. The van der Waals surface area contributed by atoms with Gasteiger partial charge in [0.15, 0.2) is 0 Å². The maximum Gasteiger partial charge on any atom is 0.310 e. The van der Waals surface area contributed by atoms with Crippen LogP contribution in [0.25, 0.3) is 0 Å². The summed E-state index contributed by atoms with van der Waals surface area (Å²) in [6.07, 6.45) is 2.06. The van der Waals surface area contributed by atoms with E-state index in [9.17, 15) is 4.79 Å². The molecule has 4 heteroatoms. The lowest BCUT2D eigenvalue weighted by molar-refractivity contribution is -0.147. The minimum atomic E-state index is -0.749. The van der Waals surface area contributed by atoms with Gasteiger partial charge in [-0.3, -0.25) is 4.79 Å². The number of likely N-dealkylation sites (tertiary alicyclic amines) is 1. The molecule has 2 unspecified atom stereocenters. The maximum atomic E-state index is 11.0. The summed E-state index contributed by atoms with van der Waals surface area (Å²) >= 11 is 0. The van der Waals surface area contributed by atoms with E-state index in [1.165, 1.54) is 0 Å². The Balaban J connectivity index is 1.92. The zero-order chi connectivity index (χ0) is 12.0. The van der Waals surface area contributed by atoms with E-state index in [4.69, 9.17) is 10.4 Å². The Morgan fingerprint density at radius 1 is 1.69 bits per heavy atom. The predicted octanol–water partition coefficient (Wildman–Crippen LogP) is 1.33. The molecule has 0 amide bonds. The van der Waals surface area contributed by atoms with Crippen LogP contribution < -0.4 is 0 Å². The van der Waals surface area contributed by atoms with Gasteiger partial charge in [-0.15, -0.1) is 0 Å². The van der Waals surface area contributed by atoms with Gasteiger partial charge in [-0.25, -0.2) is 0 Å². The molecule has 2 aliphatic rings. The van der Waals surface area contributed by atoms with E-state index in [0.29, 0.717) is 6.54 Å². The Bertz CT molecular complexity index is 359. The van der Waals surface area contributed by atoms with Gasteiger partial charge >= 0.3 is 5.97 Å². The Labute approximate surface area is 95.9 Å². The molecular formula is C12H18N2O2. The lowest BCUT2D eigenvalue weighted by atomic mass is 9.93. The predicted molar refractivity (Wildman–Crippen MR) is 58.6 cm³/mol. The third-order valence-corrected chi connectivity index (χ3v) is 4.01. The molecule has 1 aliphatic heterocycles. The molecule has 1 N–H and O–H groups in total. The number of hydrogen-bond acceptors (Lipinski definition) is 3. The Kier molecular flexibility index (Phi) is 2.47. The van der Waals surface area contributed by atoms with E-state index in [1.807, 2.05) is 0 Å². The van der Waals surface area contributed by atoms with Gasteiger partial charge in [0, 0.05) is 18.5 Å². The molecule has 1 heterocycles. The van der Waals surface area contributed by atoms with Crippen LogP contribution in [0.3, 0.4) is 0 Å². The molecule has 88 valence electrons. The third kappa shape index (κ3) is 1.80. The first-order valence-electron chi connectivity index (χ1n) is 5.75. The second-order valence-corrected chi connectivity index (χ2v) is 5.90. The molecule has 0 bridgehead atoms. The van der Waals surface area contributed by atoms with Gasteiger partial charge in [0.05, 0.1) is 17.4 Å². The average Bonchev–Trinajstić information content (AvgIpc) is 2.72. The van der Waals surface area contributed by atoms with Gasteiger partial charge in [-0.1, -0.05) is 0 Å². The minimum Gasteiger partial charge on any atom is -0.481 e. The van der Waals surface area contributed by atoms with Crippen molar-refractivity contribution in [2.75, 3.05) is 19.6 Å². The van der Waals surface area contributed by atoms with Gasteiger partial charge in [0.25, 0.3) is 0 Å². The SMILES string of the molecule is CC(C)(CN1CCC2(CC2C#N)C1)C(=O)O. The number of nitriles is 1. The molecule has 2 rings (SSSR count). The lowest BCUT2D eigenvalue weighted by Crippen LogP contribution is -2.38. The molecule has 4 nitrogen and oxygen atoms in total. The number of carboxylic acid groups (broad SMARTS) is 1. The molecule has 1 aliphatic carbocycles. The van der Waals surface area contributed by atoms with Gasteiger partial charge in [0.1, 0.15) is 0 Å². The quantitative estimate of drug-likeness (QED) is 0.782. The molecular weight excluding hydrogens is 204 g/mol. The van der Waals surface area contributed by atoms with Crippen molar-refractivity contribution in [2.24, 2.45) is 16.7 Å². The fourth-order valence-corrected chi connectivity index (χ4v) is 2.73. The number of carboxylic acids is 1. The Morgan fingerprint density at radius 3 is 2.88 bits per heavy atom. The first kappa shape index (κ1) is 11.4. The van der Waals surface area contributed by atoms with Crippen LogP contribution in [0.5, 0.6) is 0 Å². The second kappa shape index (κ2) is 3.46. The summed E-state index contributed by atoms with van der Waals surface area (Å²) in [6, 6.07) is 2.33. The molecule has 2 fully saturated rings. The molecule has 1 saturated heterocycles. The van der Waals surface area contributed by atoms with Crippen LogP contribution in [0.2, 0.25) is 0 Å². The molecule has 2 atom stereocenters. The average molecular weight is 222 g/mol. The fourth-order valence-electron chi connectivity index (χ4n) is 2.73. The largest absolute Gasteiger partial charge is 0.481 e. The van der Waals surface area contributed by atoms with E-state index in [2.05, 4.69) is 11.0 Å². The van der Waals surface area contributed by atoms with E-state index < -0.39 is 11.4 Å². The van der Waals surface area contributed by atoms with Crippen molar-refractivity contribution in [3.63, 3.8) is 0 Å². The van der Waals surface area contributed by atoms with Crippen molar-refractivity contribution < 1.29 is 9.90 Å². The summed E-state index contributed by atoms with van der Waals surface area (Å²) < 4.78 is 0. The van der Waals surface area contributed by atoms with Crippen molar-refractivity contribution in [2.45, 2.75) is 26.7 Å². The first-order valence-corrected chi connectivity index (χ1v) is 5.75. The number of carbonyl (C=O) groups is 1. The molecule has 0 aromatic rings. The monoisotopic (exact) mass is 222 g/mol. The number of rotatable bonds is 3. The van der Waals surface area contributed by atoms with Crippen LogP contribution in [0.4, 0.5) is 0 Å². The number of hydrogen-bond donors (Lipinski definition) is 1. The Morgan fingerprint density at radius 2 is 2.38 bits per heavy atom. The van der Waals surface area contributed by atoms with Crippen molar-refractivity contribution >= 4 is 5.97 Å². The van der Waals surface area contributed by atoms with Crippen LogP contribution in [0.15, 0.2) is 0 Å². The summed E-state index contributed by atoms with van der Waals surface area (Å²) in [5.74, 6) is -0.536. The maximum absolute atomic E-state index is 11.0. The number of aliphatic carboxylic acids is 1. The van der Waals surface area contributed by atoms with Gasteiger partial charge < -0.3 is 10.0 Å². The lowest BCUT2D eigenvalue weighted by Gasteiger charge is -2.26. The molecule has 0 aromatic heterocycles. The van der Waals surface area contributed by atoms with Crippen LogP contribution in [0.1, 0.15) is 26.7 Å². The van der Waals surface area contributed by atoms with Gasteiger partial charge in [0.2, 0.25) is 0 Å². The molecule has 0 radical (unpaired) electrons. The van der Waals surface area contributed by atoms with E-state index in [0.717, 1.165) is 25.9 Å². The van der Waals surface area contributed by atoms with Gasteiger partial charge in [-0.2, -0.15) is 5.26 Å². The Hall–Kier alpha value is -1.08. The summed E-state index contributed by atoms with van der Waals surface area (Å²) in [5, 5.41) is 17.9. The normalized spacial score (nSPS) is 33.9. The third-order valence-electron chi connectivity index (χ3n) is 4.01. The van der Waals surface area contributed by atoms with Crippen molar-refractivity contribution in [3.05, 3.63) is 0 Å². The van der Waals surface area contributed by atoms with Crippen LogP contribution in [-0.4, -0.2) is 35.6 Å². The highest BCUT2D eigenvalue weighted by Gasteiger charge is 2.58. The summed E-state index contributed by atoms with van der Waals surface area (Å²) in [7, 11) is 0. The molecule has 16 heavy (non-hydrogen) atoms. The molecule has 0 aromatic carbocycles. The summed E-state index contributed by atoms with van der Waals surface area (Å²) in [6.45, 7) is 5.95. The van der Waals surface area contributed by atoms with E-state index >= 15 is 0 Å². The van der Waals surface area contributed by atoms with Crippen LogP contribution in [-0.2, 0) is 4.79 Å². The van der Waals surface area contributed by atoms with Crippen LogP contribution in [0, 0.1) is 28.1 Å². The fraction of sp³-hybridized carbons (Fsp3) is 0.833. The topological polar surface area (TPSA) is 64.3 Å². The highest BCUT2D eigenvalue weighted by Crippen LogP contribution is 2.58. The van der Waals surface area contributed by atoms with Crippen molar-refractivity contribution in [3.8, 4) is 6.07 Å². The van der Waals surface area contributed by atoms with E-state index in [1.54, 1.807) is 13.8 Å². The summed E-state index contributed by atoms with van der Waals surface area (Å²) in [5.41, 5.74) is -0.480. The van der Waals surface area contributed by atoms with Crippen molar-refractivity contribution in [1.82, 2.24) is 4.90 Å². The summed E-state index contributed by atoms with van der Waals surface area (Å²) in [4.78, 5) is 13.2. The second-order valence-electron chi connectivity index (χ2n) is 5.90. The highest BCUT2D eigenvalue weighted by molar-refractivity contribution is 5.73. The zero-order valence-electron chi connectivity index (χ0n) is 9.86. The standard InChI is InChI=1S/C12H18N2O2/c1-11(2,10(15)16)7-14-4-3-12(8-14)5-9(12)6-13/h9H,3-5,7-8H2,1-2H3,(H,15,16). The zero-order valence-corrected chi connectivity index (χ0v) is 9.86. The molecule has 1 saturated carbocycles. The smallest absolute Gasteiger partial charge is 0.310 e. The van der Waals surface area contributed by atoms with E-state index in [-0.39, 0.29) is 11.3 Å². The first-order chi connectivity index (χ1) is 7.39. The van der Waals surface area contributed by atoms with Crippen LogP contribution >= 0.6 is 0 Å². The minimum absolute atomic E-state index is 0.212.